The minimum atomic E-state index is -0.106. The molecule has 0 aromatic heterocycles. The lowest BCUT2D eigenvalue weighted by Crippen LogP contribution is -2.40. The fourth-order valence-corrected chi connectivity index (χ4v) is 2.66. The largest absolute Gasteiger partial charge is 0.392 e. The van der Waals surface area contributed by atoms with Gasteiger partial charge in [0.2, 0.25) is 0 Å². The summed E-state index contributed by atoms with van der Waals surface area (Å²) in [6, 6.07) is 0.546. The van der Waals surface area contributed by atoms with E-state index in [0.717, 1.165) is 32.6 Å². The lowest BCUT2D eigenvalue weighted by Gasteiger charge is -2.22. The van der Waals surface area contributed by atoms with Gasteiger partial charge in [-0.25, -0.2) is 0 Å². The van der Waals surface area contributed by atoms with E-state index in [0.29, 0.717) is 6.04 Å². The van der Waals surface area contributed by atoms with Gasteiger partial charge in [-0.15, -0.1) is 4.68 Å². The quantitative estimate of drug-likeness (QED) is 0.481. The molecule has 0 amide bonds. The number of hydrogen-bond donors (Lipinski definition) is 1. The summed E-state index contributed by atoms with van der Waals surface area (Å²) in [5, 5.41) is 12.0. The minimum Gasteiger partial charge on any atom is -0.392 e. The monoisotopic (exact) mass is 212 g/mol. The summed E-state index contributed by atoms with van der Waals surface area (Å²) < 4.78 is 2.17. The van der Waals surface area contributed by atoms with Crippen molar-refractivity contribution < 1.29 is 9.79 Å². The highest BCUT2D eigenvalue weighted by molar-refractivity contribution is 5.46. The van der Waals surface area contributed by atoms with E-state index in [1.807, 2.05) is 0 Å². The first-order valence-corrected chi connectivity index (χ1v) is 5.90. The van der Waals surface area contributed by atoms with Crippen molar-refractivity contribution in [3.63, 3.8) is 0 Å². The average Bonchev–Trinajstić information content (AvgIpc) is 2.45. The topological polar surface area (TPSA) is 29.7 Å². The van der Waals surface area contributed by atoms with Crippen molar-refractivity contribution in [2.45, 2.75) is 31.9 Å². The van der Waals surface area contributed by atoms with Gasteiger partial charge in [0, 0.05) is 26.1 Å². The van der Waals surface area contributed by atoms with Crippen molar-refractivity contribution in [3.8, 4) is 0 Å². The Bertz CT molecular complexity index is 254. The van der Waals surface area contributed by atoms with Crippen molar-refractivity contribution in [2.24, 2.45) is 0 Å². The molecule has 4 heteroatoms. The molecular weight excluding hydrogens is 190 g/mol. The molecule has 0 aromatic rings. The average molecular weight is 212 g/mol. The van der Waals surface area contributed by atoms with Gasteiger partial charge in [0.1, 0.15) is 0 Å². The molecule has 2 saturated heterocycles. The van der Waals surface area contributed by atoms with Crippen LogP contribution < -0.4 is 0 Å². The van der Waals surface area contributed by atoms with Crippen LogP contribution >= 0.6 is 0 Å². The van der Waals surface area contributed by atoms with Gasteiger partial charge in [-0.1, -0.05) is 0 Å². The number of fused-ring (bicyclic) bond motifs is 1. The van der Waals surface area contributed by atoms with Crippen LogP contribution in [0.2, 0.25) is 0 Å². The zero-order valence-electron chi connectivity index (χ0n) is 9.76. The Labute approximate surface area is 91.8 Å². The fourth-order valence-electron chi connectivity index (χ4n) is 2.66. The van der Waals surface area contributed by atoms with E-state index in [4.69, 9.17) is 0 Å². The van der Waals surface area contributed by atoms with Crippen molar-refractivity contribution in [1.82, 2.24) is 9.91 Å². The van der Waals surface area contributed by atoms with Crippen LogP contribution in [0.4, 0.5) is 0 Å². The number of aliphatic hydroxyl groups is 1. The Morgan fingerprint density at radius 2 is 2.13 bits per heavy atom. The summed E-state index contributed by atoms with van der Waals surface area (Å²) in [7, 11) is 2.10. The van der Waals surface area contributed by atoms with Crippen molar-refractivity contribution >= 4 is 6.21 Å². The molecule has 0 radical (unpaired) electrons. The van der Waals surface area contributed by atoms with Crippen LogP contribution in [0.15, 0.2) is 0 Å². The smallest absolute Gasteiger partial charge is 0.166 e. The first kappa shape index (κ1) is 10.9. The molecule has 4 nitrogen and oxygen atoms in total. The Hall–Kier alpha value is -0.610. The molecule has 0 aromatic carbocycles. The molecule has 2 unspecified atom stereocenters. The Balaban J connectivity index is 2.02. The number of nitrogens with zero attached hydrogens (tertiary/aromatic N) is 3. The number of rotatable bonds is 1. The zero-order chi connectivity index (χ0) is 10.8. The SMILES string of the molecule is CC=[N+](C)N1CCCN2CC(O)CC2C1. The minimum absolute atomic E-state index is 0.106. The molecular formula is C11H22N3O+. The summed E-state index contributed by atoms with van der Waals surface area (Å²) in [5.41, 5.74) is 0. The van der Waals surface area contributed by atoms with E-state index in [2.05, 4.69) is 34.8 Å². The molecule has 2 rings (SSSR count). The van der Waals surface area contributed by atoms with Gasteiger partial charge in [-0.3, -0.25) is 4.90 Å². The van der Waals surface area contributed by atoms with Crippen LogP contribution in [-0.4, -0.2) is 71.3 Å². The maximum absolute atomic E-state index is 9.65. The van der Waals surface area contributed by atoms with Crippen molar-refractivity contribution in [2.75, 3.05) is 33.2 Å². The van der Waals surface area contributed by atoms with Crippen LogP contribution in [0.3, 0.4) is 0 Å². The predicted molar refractivity (Wildman–Crippen MR) is 60.1 cm³/mol. The van der Waals surface area contributed by atoms with Gasteiger partial charge in [0.05, 0.1) is 19.2 Å². The van der Waals surface area contributed by atoms with Crippen LogP contribution in [0.5, 0.6) is 0 Å². The van der Waals surface area contributed by atoms with Gasteiger partial charge < -0.3 is 5.11 Å². The number of hydrazine groups is 1. The first-order chi connectivity index (χ1) is 7.20. The molecule has 0 spiro atoms. The van der Waals surface area contributed by atoms with Gasteiger partial charge >= 0.3 is 0 Å². The lowest BCUT2D eigenvalue weighted by molar-refractivity contribution is -0.665. The van der Waals surface area contributed by atoms with E-state index in [9.17, 15) is 5.11 Å². The van der Waals surface area contributed by atoms with E-state index in [1.165, 1.54) is 6.42 Å². The standard InChI is InChI=1S/C11H22N3O/c1-3-12(2)14-6-4-5-13-9-11(15)7-10(13)8-14/h3,10-11,15H,4-9H2,1-2H3/q+1. The van der Waals surface area contributed by atoms with E-state index in [-0.39, 0.29) is 6.10 Å². The normalized spacial score (nSPS) is 34.1. The molecule has 2 aliphatic heterocycles. The second-order valence-corrected chi connectivity index (χ2v) is 4.64. The number of aliphatic hydroxyl groups excluding tert-OH is 1. The van der Waals surface area contributed by atoms with Crippen molar-refractivity contribution in [1.29, 1.82) is 0 Å². The van der Waals surface area contributed by atoms with Crippen LogP contribution in [0.1, 0.15) is 19.8 Å². The van der Waals surface area contributed by atoms with Gasteiger partial charge in [0.15, 0.2) is 13.3 Å². The zero-order valence-corrected chi connectivity index (χ0v) is 9.76. The Morgan fingerprint density at radius 1 is 1.33 bits per heavy atom. The van der Waals surface area contributed by atoms with Gasteiger partial charge in [0.25, 0.3) is 0 Å². The maximum Gasteiger partial charge on any atom is 0.166 e. The maximum atomic E-state index is 9.65. The third kappa shape index (κ3) is 2.32. The summed E-state index contributed by atoms with van der Waals surface area (Å²) >= 11 is 0. The highest BCUT2D eigenvalue weighted by atomic mass is 16.3. The second-order valence-electron chi connectivity index (χ2n) is 4.64. The lowest BCUT2D eigenvalue weighted by atomic mass is 10.2. The van der Waals surface area contributed by atoms with Gasteiger partial charge in [-0.2, -0.15) is 5.01 Å². The molecule has 2 aliphatic rings. The Kier molecular flexibility index (Phi) is 3.26. The molecule has 86 valence electrons. The van der Waals surface area contributed by atoms with Crippen LogP contribution in [0.25, 0.3) is 0 Å². The van der Waals surface area contributed by atoms with E-state index < -0.39 is 0 Å². The second kappa shape index (κ2) is 4.49. The van der Waals surface area contributed by atoms with E-state index >= 15 is 0 Å². The number of hydrogen-bond acceptors (Lipinski definition) is 3. The summed E-state index contributed by atoms with van der Waals surface area (Å²) in [6.45, 7) is 6.25. The first-order valence-electron chi connectivity index (χ1n) is 5.90. The molecule has 15 heavy (non-hydrogen) atoms. The van der Waals surface area contributed by atoms with Crippen molar-refractivity contribution in [3.05, 3.63) is 0 Å². The molecule has 0 saturated carbocycles. The fraction of sp³-hybridized carbons (Fsp3) is 0.909. The highest BCUT2D eigenvalue weighted by Crippen LogP contribution is 2.21. The predicted octanol–water partition coefficient (Wildman–Crippen LogP) is -0.225. The molecule has 0 bridgehead atoms. The van der Waals surface area contributed by atoms with E-state index in [1.54, 1.807) is 0 Å². The third-order valence-corrected chi connectivity index (χ3v) is 3.61. The summed E-state index contributed by atoms with van der Waals surface area (Å²) in [4.78, 5) is 2.44. The van der Waals surface area contributed by atoms with Gasteiger partial charge in [-0.05, 0) is 12.8 Å². The molecule has 0 aliphatic carbocycles. The summed E-state index contributed by atoms with van der Waals surface area (Å²) in [5.74, 6) is 0. The molecule has 2 heterocycles. The molecule has 2 fully saturated rings. The van der Waals surface area contributed by atoms with Crippen LogP contribution in [-0.2, 0) is 0 Å². The number of hydrazone groups is 1. The molecule has 1 N–H and O–H groups in total. The Morgan fingerprint density at radius 3 is 2.87 bits per heavy atom. The highest BCUT2D eigenvalue weighted by Gasteiger charge is 2.35. The summed E-state index contributed by atoms with van der Waals surface area (Å²) in [6.07, 6.45) is 4.13. The third-order valence-electron chi connectivity index (χ3n) is 3.61. The molecule has 2 atom stereocenters. The van der Waals surface area contributed by atoms with Crippen LogP contribution in [0, 0.1) is 0 Å².